The Bertz CT molecular complexity index is 165. The Morgan fingerprint density at radius 1 is 0.882 bits per heavy atom. The number of aliphatic hydroxyl groups is 1. The van der Waals surface area contributed by atoms with Crippen molar-refractivity contribution >= 4 is 0 Å². The molecule has 0 fully saturated rings. The Balaban J connectivity index is 3.42. The summed E-state index contributed by atoms with van der Waals surface area (Å²) in [5.41, 5.74) is 0. The molecule has 0 bridgehead atoms. The van der Waals surface area contributed by atoms with E-state index >= 15 is 0 Å². The van der Waals surface area contributed by atoms with Crippen LogP contribution in [0.4, 0.5) is 0 Å². The minimum atomic E-state index is -0.164. The quantitative estimate of drug-likeness (QED) is 0.372. The molecule has 0 radical (unpaired) electrons. The highest BCUT2D eigenvalue weighted by Crippen LogP contribution is 2.18. The van der Waals surface area contributed by atoms with E-state index in [4.69, 9.17) is 0 Å². The normalized spacial score (nSPS) is 14.5. The molecule has 0 spiro atoms. The van der Waals surface area contributed by atoms with Gasteiger partial charge in [0.25, 0.3) is 0 Å². The third-order valence-electron chi connectivity index (χ3n) is 3.52. The molecule has 0 rings (SSSR count). The van der Waals surface area contributed by atoms with E-state index < -0.39 is 0 Å². The van der Waals surface area contributed by atoms with Gasteiger partial charge in [0.1, 0.15) is 0 Å². The van der Waals surface area contributed by atoms with Crippen molar-refractivity contribution in [2.24, 2.45) is 5.92 Å². The Hall–Kier alpha value is -0.300. The van der Waals surface area contributed by atoms with Gasteiger partial charge in [0.2, 0.25) is 0 Å². The van der Waals surface area contributed by atoms with Crippen LogP contribution in [0.3, 0.4) is 0 Å². The SMILES string of the molecule is C=C[C@@H](CCC)[C@H](O)CCCCCCCCC. The molecule has 0 aliphatic rings. The standard InChI is InChI=1S/C16H32O/c1-4-7-8-9-10-11-12-14-16(17)15(6-3)13-5-2/h6,15-17H,3-5,7-14H2,1-2H3/t15-,16+/m0/s1. The monoisotopic (exact) mass is 240 g/mol. The number of rotatable bonds is 12. The van der Waals surface area contributed by atoms with Crippen molar-refractivity contribution in [3.63, 3.8) is 0 Å². The largest absolute Gasteiger partial charge is 0.393 e. The second kappa shape index (κ2) is 12.2. The average molecular weight is 240 g/mol. The van der Waals surface area contributed by atoms with Gasteiger partial charge in [0.05, 0.1) is 6.10 Å². The molecule has 0 aromatic heterocycles. The van der Waals surface area contributed by atoms with Crippen LogP contribution in [0.25, 0.3) is 0 Å². The minimum Gasteiger partial charge on any atom is -0.393 e. The van der Waals surface area contributed by atoms with E-state index in [9.17, 15) is 5.11 Å². The maximum atomic E-state index is 10.0. The first-order valence-electron chi connectivity index (χ1n) is 7.56. The van der Waals surface area contributed by atoms with Crippen molar-refractivity contribution in [1.82, 2.24) is 0 Å². The lowest BCUT2D eigenvalue weighted by molar-refractivity contribution is 0.113. The Morgan fingerprint density at radius 2 is 1.47 bits per heavy atom. The van der Waals surface area contributed by atoms with Crippen molar-refractivity contribution < 1.29 is 5.11 Å². The van der Waals surface area contributed by atoms with Gasteiger partial charge < -0.3 is 5.11 Å². The second-order valence-corrected chi connectivity index (χ2v) is 5.17. The van der Waals surface area contributed by atoms with Gasteiger partial charge in [0, 0.05) is 5.92 Å². The zero-order valence-corrected chi connectivity index (χ0v) is 12.0. The van der Waals surface area contributed by atoms with Crippen molar-refractivity contribution in [1.29, 1.82) is 0 Å². The number of hydrogen-bond donors (Lipinski definition) is 1. The summed E-state index contributed by atoms with van der Waals surface area (Å²) in [4.78, 5) is 0. The third kappa shape index (κ3) is 9.41. The summed E-state index contributed by atoms with van der Waals surface area (Å²) in [7, 11) is 0. The van der Waals surface area contributed by atoms with E-state index in [0.29, 0.717) is 5.92 Å². The number of aliphatic hydroxyl groups excluding tert-OH is 1. The lowest BCUT2D eigenvalue weighted by Gasteiger charge is -2.18. The molecular formula is C16H32O. The van der Waals surface area contributed by atoms with E-state index in [0.717, 1.165) is 19.3 Å². The molecule has 0 aliphatic carbocycles. The van der Waals surface area contributed by atoms with Gasteiger partial charge in [-0.05, 0) is 12.8 Å². The highest BCUT2D eigenvalue weighted by atomic mass is 16.3. The van der Waals surface area contributed by atoms with Crippen molar-refractivity contribution in [3.05, 3.63) is 12.7 Å². The summed E-state index contributed by atoms with van der Waals surface area (Å²) in [5.74, 6) is 0.306. The summed E-state index contributed by atoms with van der Waals surface area (Å²) in [6.07, 6.45) is 14.1. The fraction of sp³-hybridized carbons (Fsp3) is 0.875. The highest BCUT2D eigenvalue weighted by Gasteiger charge is 2.14. The molecule has 0 aromatic rings. The molecule has 102 valence electrons. The molecule has 0 saturated carbocycles. The van der Waals surface area contributed by atoms with Crippen LogP contribution in [-0.4, -0.2) is 11.2 Å². The van der Waals surface area contributed by atoms with Crippen molar-refractivity contribution in [3.8, 4) is 0 Å². The van der Waals surface area contributed by atoms with E-state index in [-0.39, 0.29) is 6.10 Å². The molecule has 17 heavy (non-hydrogen) atoms. The second-order valence-electron chi connectivity index (χ2n) is 5.17. The van der Waals surface area contributed by atoms with Crippen LogP contribution in [0.1, 0.15) is 78.1 Å². The lowest BCUT2D eigenvalue weighted by atomic mass is 9.93. The zero-order chi connectivity index (χ0) is 12.9. The number of unbranched alkanes of at least 4 members (excludes halogenated alkanes) is 6. The van der Waals surface area contributed by atoms with Crippen LogP contribution in [0.2, 0.25) is 0 Å². The van der Waals surface area contributed by atoms with Gasteiger partial charge in [-0.25, -0.2) is 0 Å². The smallest absolute Gasteiger partial charge is 0.0602 e. The summed E-state index contributed by atoms with van der Waals surface area (Å²) < 4.78 is 0. The van der Waals surface area contributed by atoms with Gasteiger partial charge in [-0.3, -0.25) is 0 Å². The maximum Gasteiger partial charge on any atom is 0.0602 e. The Morgan fingerprint density at radius 3 is 2.00 bits per heavy atom. The van der Waals surface area contributed by atoms with E-state index in [1.165, 1.54) is 44.9 Å². The lowest BCUT2D eigenvalue weighted by Crippen LogP contribution is -2.18. The topological polar surface area (TPSA) is 20.2 Å². The van der Waals surface area contributed by atoms with Crippen molar-refractivity contribution in [2.75, 3.05) is 0 Å². The summed E-state index contributed by atoms with van der Waals surface area (Å²) in [5, 5.41) is 10.0. The highest BCUT2D eigenvalue weighted by molar-refractivity contribution is 4.84. The van der Waals surface area contributed by atoms with Gasteiger partial charge >= 0.3 is 0 Å². The Labute approximate surface area is 108 Å². The van der Waals surface area contributed by atoms with Gasteiger partial charge in [-0.1, -0.05) is 71.3 Å². The molecule has 0 amide bonds. The van der Waals surface area contributed by atoms with Gasteiger partial charge in [-0.2, -0.15) is 0 Å². The zero-order valence-electron chi connectivity index (χ0n) is 12.0. The molecule has 1 nitrogen and oxygen atoms in total. The fourth-order valence-electron chi connectivity index (χ4n) is 2.33. The minimum absolute atomic E-state index is 0.164. The number of hydrogen-bond acceptors (Lipinski definition) is 1. The van der Waals surface area contributed by atoms with E-state index in [1.54, 1.807) is 0 Å². The van der Waals surface area contributed by atoms with Gasteiger partial charge in [-0.15, -0.1) is 6.58 Å². The van der Waals surface area contributed by atoms with Crippen LogP contribution in [0.15, 0.2) is 12.7 Å². The maximum absolute atomic E-state index is 10.0. The van der Waals surface area contributed by atoms with Crippen LogP contribution >= 0.6 is 0 Å². The van der Waals surface area contributed by atoms with Gasteiger partial charge in [0.15, 0.2) is 0 Å². The Kier molecular flexibility index (Phi) is 12.0. The van der Waals surface area contributed by atoms with Crippen LogP contribution in [0.5, 0.6) is 0 Å². The molecule has 0 heterocycles. The molecular weight excluding hydrogens is 208 g/mol. The van der Waals surface area contributed by atoms with Crippen molar-refractivity contribution in [2.45, 2.75) is 84.2 Å². The van der Waals surface area contributed by atoms with E-state index in [1.807, 2.05) is 6.08 Å². The van der Waals surface area contributed by atoms with Crippen LogP contribution in [0, 0.1) is 5.92 Å². The molecule has 1 heteroatoms. The average Bonchev–Trinajstić information content (AvgIpc) is 2.34. The molecule has 0 unspecified atom stereocenters. The molecule has 1 N–H and O–H groups in total. The molecule has 2 atom stereocenters. The predicted octanol–water partition coefficient (Wildman–Crippen LogP) is 5.09. The molecule has 0 aromatic carbocycles. The first-order chi connectivity index (χ1) is 8.26. The summed E-state index contributed by atoms with van der Waals surface area (Å²) in [6.45, 7) is 8.23. The third-order valence-corrected chi connectivity index (χ3v) is 3.52. The molecule has 0 aliphatic heterocycles. The van der Waals surface area contributed by atoms with Crippen LogP contribution in [-0.2, 0) is 0 Å². The summed E-state index contributed by atoms with van der Waals surface area (Å²) in [6, 6.07) is 0. The first kappa shape index (κ1) is 16.7. The van der Waals surface area contributed by atoms with Crippen LogP contribution < -0.4 is 0 Å². The summed E-state index contributed by atoms with van der Waals surface area (Å²) >= 11 is 0. The predicted molar refractivity (Wildman–Crippen MR) is 77.2 cm³/mol. The fourth-order valence-corrected chi connectivity index (χ4v) is 2.33. The first-order valence-corrected chi connectivity index (χ1v) is 7.56. The van der Waals surface area contributed by atoms with E-state index in [2.05, 4.69) is 20.4 Å². The molecule has 0 saturated heterocycles.